The lowest BCUT2D eigenvalue weighted by molar-refractivity contribution is -0.384. The summed E-state index contributed by atoms with van der Waals surface area (Å²) in [6.45, 7) is 0. The highest BCUT2D eigenvalue weighted by molar-refractivity contribution is 7.80. The van der Waals surface area contributed by atoms with Crippen LogP contribution < -0.4 is 11.2 Å². The third-order valence-corrected chi connectivity index (χ3v) is 3.14. The second kappa shape index (κ2) is 6.50. The Balaban J connectivity index is 2.41. The van der Waals surface area contributed by atoms with Gasteiger partial charge in [-0.2, -0.15) is 5.10 Å². The van der Waals surface area contributed by atoms with E-state index in [4.69, 9.17) is 17.3 Å². The van der Waals surface area contributed by atoms with Gasteiger partial charge in [0.05, 0.1) is 11.1 Å². The van der Waals surface area contributed by atoms with Crippen LogP contribution in [0.5, 0.6) is 0 Å². The summed E-state index contributed by atoms with van der Waals surface area (Å²) in [6.07, 6.45) is 1.41. The molecule has 1 heterocycles. The van der Waals surface area contributed by atoms with Crippen LogP contribution in [0.15, 0.2) is 29.4 Å². The maximum atomic E-state index is 10.8. The summed E-state index contributed by atoms with van der Waals surface area (Å²) in [4.78, 5) is 14.6. The van der Waals surface area contributed by atoms with Crippen molar-refractivity contribution in [3.05, 3.63) is 45.2 Å². The molecule has 1 aromatic heterocycles. The molecule has 114 valence electrons. The summed E-state index contributed by atoms with van der Waals surface area (Å²) in [5.74, 6) is 0.477. The monoisotopic (exact) mass is 338 g/mol. The maximum Gasteiger partial charge on any atom is 0.270 e. The second-order valence-electron chi connectivity index (χ2n) is 4.21. The van der Waals surface area contributed by atoms with Crippen LogP contribution in [-0.4, -0.2) is 25.8 Å². The van der Waals surface area contributed by atoms with Crippen molar-refractivity contribution in [1.82, 2.24) is 15.0 Å². The molecule has 0 aliphatic carbocycles. The van der Waals surface area contributed by atoms with Gasteiger partial charge in [-0.15, -0.1) is 0 Å². The number of hydrazone groups is 1. The lowest BCUT2D eigenvalue weighted by atomic mass is 10.2. The second-order valence-corrected chi connectivity index (χ2v) is 5.01. The van der Waals surface area contributed by atoms with Gasteiger partial charge in [0.25, 0.3) is 5.69 Å². The Kier molecular flexibility index (Phi) is 4.68. The zero-order valence-electron chi connectivity index (χ0n) is 11.4. The molecular formula is C12H11ClN6O2S. The molecule has 0 amide bonds. The molecule has 0 fully saturated rings. The van der Waals surface area contributed by atoms with Gasteiger partial charge < -0.3 is 10.3 Å². The van der Waals surface area contributed by atoms with E-state index in [1.807, 2.05) is 0 Å². The molecular weight excluding hydrogens is 328 g/mol. The smallest absolute Gasteiger partial charge is 0.270 e. The fraction of sp³-hybridized carbons (Fsp3) is 0.0833. The molecule has 2 rings (SSSR count). The SMILES string of the molecule is Cn1c(-c2cccc([N+](=O)[O-])c2)nc(Cl)c1C=NNC(N)=S. The summed E-state index contributed by atoms with van der Waals surface area (Å²) >= 11 is 10.7. The molecule has 0 radical (unpaired) electrons. The Morgan fingerprint density at radius 2 is 2.36 bits per heavy atom. The van der Waals surface area contributed by atoms with E-state index in [1.54, 1.807) is 23.7 Å². The van der Waals surface area contributed by atoms with E-state index < -0.39 is 4.92 Å². The predicted molar refractivity (Wildman–Crippen MR) is 87.8 cm³/mol. The van der Waals surface area contributed by atoms with Gasteiger partial charge in [-0.1, -0.05) is 23.7 Å². The number of thiocarbonyl (C=S) groups is 1. The third kappa shape index (κ3) is 3.38. The first-order valence-corrected chi connectivity index (χ1v) is 6.74. The standard InChI is InChI=1S/C12H11ClN6O2S/c1-18-9(6-15-17-12(14)22)10(13)16-11(18)7-3-2-4-8(5-7)19(20)21/h2-6H,1H3,(H3,14,17,22). The van der Waals surface area contributed by atoms with Crippen molar-refractivity contribution >= 4 is 40.8 Å². The summed E-state index contributed by atoms with van der Waals surface area (Å²) in [7, 11) is 1.72. The number of hydrogen-bond donors (Lipinski definition) is 2. The van der Waals surface area contributed by atoms with Crippen molar-refractivity contribution in [3.8, 4) is 11.4 Å². The molecule has 10 heteroatoms. The van der Waals surface area contributed by atoms with E-state index in [0.717, 1.165) is 0 Å². The molecule has 0 atom stereocenters. The largest absolute Gasteiger partial charge is 0.375 e. The van der Waals surface area contributed by atoms with Crippen molar-refractivity contribution in [2.75, 3.05) is 0 Å². The Morgan fingerprint density at radius 1 is 1.64 bits per heavy atom. The predicted octanol–water partition coefficient (Wildman–Crippen LogP) is 1.82. The zero-order valence-corrected chi connectivity index (χ0v) is 12.9. The van der Waals surface area contributed by atoms with Crippen LogP contribution in [0, 0.1) is 10.1 Å². The quantitative estimate of drug-likeness (QED) is 0.380. The van der Waals surface area contributed by atoms with Gasteiger partial charge in [-0.3, -0.25) is 15.5 Å². The number of nitrogens with two attached hydrogens (primary N) is 1. The topological polar surface area (TPSA) is 111 Å². The van der Waals surface area contributed by atoms with Crippen LogP contribution in [0.3, 0.4) is 0 Å². The van der Waals surface area contributed by atoms with Crippen molar-refractivity contribution < 1.29 is 4.92 Å². The summed E-state index contributed by atoms with van der Waals surface area (Å²) in [6, 6.07) is 6.12. The first-order valence-electron chi connectivity index (χ1n) is 5.95. The number of nitrogens with zero attached hydrogens (tertiary/aromatic N) is 4. The Morgan fingerprint density at radius 3 is 3.00 bits per heavy atom. The van der Waals surface area contributed by atoms with Gasteiger partial charge in [-0.25, -0.2) is 4.98 Å². The number of non-ortho nitro benzene ring substituents is 1. The van der Waals surface area contributed by atoms with Gasteiger partial charge in [0, 0.05) is 24.7 Å². The van der Waals surface area contributed by atoms with Gasteiger partial charge in [0.15, 0.2) is 10.3 Å². The lowest BCUT2D eigenvalue weighted by Crippen LogP contribution is -2.24. The Bertz CT molecular complexity index is 773. The molecule has 0 aliphatic heterocycles. The number of hydrogen-bond acceptors (Lipinski definition) is 5. The normalized spacial score (nSPS) is 10.8. The number of halogens is 1. The number of nitro benzene ring substituents is 1. The minimum atomic E-state index is -0.470. The van der Waals surface area contributed by atoms with Crippen molar-refractivity contribution in [3.63, 3.8) is 0 Å². The minimum Gasteiger partial charge on any atom is -0.375 e. The van der Waals surface area contributed by atoms with Crippen LogP contribution in [0.2, 0.25) is 5.15 Å². The first-order chi connectivity index (χ1) is 10.4. The average molecular weight is 339 g/mol. The molecule has 22 heavy (non-hydrogen) atoms. The molecule has 0 saturated carbocycles. The van der Waals surface area contributed by atoms with E-state index in [9.17, 15) is 10.1 Å². The van der Waals surface area contributed by atoms with Gasteiger partial charge in [0.1, 0.15) is 11.5 Å². The van der Waals surface area contributed by atoms with E-state index in [0.29, 0.717) is 17.1 Å². The highest BCUT2D eigenvalue weighted by Crippen LogP contribution is 2.26. The molecule has 1 aromatic carbocycles. The molecule has 0 unspecified atom stereocenters. The number of benzene rings is 1. The Hall–Kier alpha value is -2.52. The van der Waals surface area contributed by atoms with E-state index >= 15 is 0 Å². The Labute approximate surface area is 135 Å². The molecule has 8 nitrogen and oxygen atoms in total. The number of aromatic nitrogens is 2. The fourth-order valence-electron chi connectivity index (χ4n) is 1.79. The van der Waals surface area contributed by atoms with E-state index in [1.165, 1.54) is 18.3 Å². The highest BCUT2D eigenvalue weighted by atomic mass is 35.5. The zero-order chi connectivity index (χ0) is 16.3. The van der Waals surface area contributed by atoms with Gasteiger partial charge in [-0.05, 0) is 12.2 Å². The van der Waals surface area contributed by atoms with Gasteiger partial charge in [0.2, 0.25) is 0 Å². The summed E-state index contributed by atoms with van der Waals surface area (Å²) < 4.78 is 1.66. The molecule has 0 bridgehead atoms. The van der Waals surface area contributed by atoms with Crippen molar-refractivity contribution in [1.29, 1.82) is 0 Å². The molecule has 0 aliphatic rings. The maximum absolute atomic E-state index is 10.8. The lowest BCUT2D eigenvalue weighted by Gasteiger charge is -2.03. The van der Waals surface area contributed by atoms with Crippen molar-refractivity contribution in [2.45, 2.75) is 0 Å². The fourth-order valence-corrected chi connectivity index (χ4v) is 2.10. The van der Waals surface area contributed by atoms with Crippen LogP contribution in [0.25, 0.3) is 11.4 Å². The van der Waals surface area contributed by atoms with Crippen molar-refractivity contribution in [2.24, 2.45) is 17.9 Å². The molecule has 2 aromatic rings. The third-order valence-electron chi connectivity index (χ3n) is 2.77. The average Bonchev–Trinajstić information content (AvgIpc) is 2.75. The van der Waals surface area contributed by atoms with Crippen LogP contribution in [0.4, 0.5) is 5.69 Å². The van der Waals surface area contributed by atoms with Crippen LogP contribution in [0.1, 0.15) is 5.69 Å². The number of nitro groups is 1. The summed E-state index contributed by atoms with van der Waals surface area (Å²) in [5, 5.41) is 14.9. The number of imidazole rings is 1. The van der Waals surface area contributed by atoms with Gasteiger partial charge >= 0.3 is 0 Å². The molecule has 0 saturated heterocycles. The van der Waals surface area contributed by atoms with Crippen LogP contribution >= 0.6 is 23.8 Å². The van der Waals surface area contributed by atoms with Crippen LogP contribution in [-0.2, 0) is 7.05 Å². The number of nitrogens with one attached hydrogen (secondary N) is 1. The summed E-state index contributed by atoms with van der Waals surface area (Å²) in [5.41, 5.74) is 8.72. The number of rotatable bonds is 4. The molecule has 3 N–H and O–H groups in total. The minimum absolute atomic E-state index is 0.0217. The highest BCUT2D eigenvalue weighted by Gasteiger charge is 2.15. The first kappa shape index (κ1) is 15.9. The van der Waals surface area contributed by atoms with E-state index in [-0.39, 0.29) is 16.0 Å². The van der Waals surface area contributed by atoms with E-state index in [2.05, 4.69) is 27.7 Å². The molecule has 0 spiro atoms.